The van der Waals surface area contributed by atoms with E-state index in [0.29, 0.717) is 11.0 Å². The first-order valence-corrected chi connectivity index (χ1v) is 7.84. The highest BCUT2D eigenvalue weighted by Gasteiger charge is 2.19. The molecule has 1 aromatic heterocycles. The highest BCUT2D eigenvalue weighted by atomic mass is 32.2. The van der Waals surface area contributed by atoms with Crippen molar-refractivity contribution in [2.45, 2.75) is 4.90 Å². The monoisotopic (exact) mass is 315 g/mol. The van der Waals surface area contributed by atoms with Gasteiger partial charge in [-0.1, -0.05) is 18.2 Å². The summed E-state index contributed by atoms with van der Waals surface area (Å²) in [7, 11) is -3.89. The summed E-state index contributed by atoms with van der Waals surface area (Å²) in [5.74, 6) is 0.112. The molecule has 0 spiro atoms. The minimum Gasteiger partial charge on any atom is -0.397 e. The maximum absolute atomic E-state index is 12.4. The predicted molar refractivity (Wildman–Crippen MR) is 85.6 cm³/mol. The molecule has 0 aliphatic rings. The minimum absolute atomic E-state index is 0.00347. The Labute approximate surface area is 127 Å². The van der Waals surface area contributed by atoms with Crippen LogP contribution in [-0.4, -0.2) is 18.4 Å². The van der Waals surface area contributed by atoms with Crippen molar-refractivity contribution < 1.29 is 8.42 Å². The average molecular weight is 315 g/mol. The number of nitrogens with zero attached hydrogens (tertiary/aromatic N) is 2. The van der Waals surface area contributed by atoms with Crippen LogP contribution in [0.25, 0.3) is 11.0 Å². The van der Waals surface area contributed by atoms with Gasteiger partial charge in [0, 0.05) is 0 Å². The number of rotatable bonds is 3. The SMILES string of the molecule is Nc1cccc(S(=O)(=O)Nc2cnc3ccccc3n2)c1N. The summed E-state index contributed by atoms with van der Waals surface area (Å²) >= 11 is 0. The van der Waals surface area contributed by atoms with Crippen LogP contribution in [0.15, 0.2) is 53.6 Å². The summed E-state index contributed by atoms with van der Waals surface area (Å²) in [4.78, 5) is 8.27. The quantitative estimate of drug-likeness (QED) is 0.630. The van der Waals surface area contributed by atoms with Crippen LogP contribution in [0.2, 0.25) is 0 Å². The van der Waals surface area contributed by atoms with Crippen LogP contribution >= 0.6 is 0 Å². The molecular weight excluding hydrogens is 302 g/mol. The summed E-state index contributed by atoms with van der Waals surface area (Å²) < 4.78 is 27.2. The second-order valence-corrected chi connectivity index (χ2v) is 6.26. The molecule has 3 aromatic rings. The molecular formula is C14H13N5O2S. The molecule has 1 heterocycles. The Morgan fingerprint density at radius 1 is 0.955 bits per heavy atom. The summed E-state index contributed by atoms with van der Waals surface area (Å²) in [5, 5.41) is 0. The number of anilines is 3. The molecule has 0 aliphatic heterocycles. The Bertz CT molecular complexity index is 956. The fourth-order valence-corrected chi connectivity index (χ4v) is 3.14. The van der Waals surface area contributed by atoms with E-state index in [0.717, 1.165) is 0 Å². The van der Waals surface area contributed by atoms with Gasteiger partial charge in [0.2, 0.25) is 0 Å². The molecule has 112 valence electrons. The van der Waals surface area contributed by atoms with Crippen molar-refractivity contribution in [1.29, 1.82) is 0 Å². The van der Waals surface area contributed by atoms with Crippen LogP contribution in [0, 0.1) is 0 Å². The first-order valence-electron chi connectivity index (χ1n) is 6.36. The third kappa shape index (κ3) is 2.51. The second kappa shape index (κ2) is 5.15. The minimum atomic E-state index is -3.89. The summed E-state index contributed by atoms with van der Waals surface area (Å²) in [5.41, 5.74) is 12.8. The van der Waals surface area contributed by atoms with E-state index in [1.54, 1.807) is 18.2 Å². The number of hydrogen-bond acceptors (Lipinski definition) is 6. The number of nitrogen functional groups attached to an aromatic ring is 2. The molecule has 7 nitrogen and oxygen atoms in total. The standard InChI is InChI=1S/C14H13N5O2S/c15-9-4-3-7-12(14(9)16)22(20,21)19-13-8-17-10-5-1-2-6-11(10)18-13/h1-8H,15-16H2,(H,18,19). The highest BCUT2D eigenvalue weighted by Crippen LogP contribution is 2.25. The summed E-state index contributed by atoms with van der Waals surface area (Å²) in [6.45, 7) is 0. The predicted octanol–water partition coefficient (Wildman–Crippen LogP) is 1.59. The lowest BCUT2D eigenvalue weighted by atomic mass is 10.3. The van der Waals surface area contributed by atoms with Crippen molar-refractivity contribution in [3.63, 3.8) is 0 Å². The number of nitrogens with two attached hydrogens (primary N) is 2. The van der Waals surface area contributed by atoms with Gasteiger partial charge >= 0.3 is 0 Å². The van der Waals surface area contributed by atoms with Crippen molar-refractivity contribution >= 4 is 38.2 Å². The van der Waals surface area contributed by atoms with Crippen LogP contribution < -0.4 is 16.2 Å². The van der Waals surface area contributed by atoms with E-state index in [9.17, 15) is 8.42 Å². The molecule has 0 unspecified atom stereocenters. The lowest BCUT2D eigenvalue weighted by molar-refractivity contribution is 0.601. The maximum atomic E-state index is 12.4. The van der Waals surface area contributed by atoms with E-state index in [4.69, 9.17) is 11.5 Å². The molecule has 0 radical (unpaired) electrons. The van der Waals surface area contributed by atoms with Crippen LogP contribution in [0.1, 0.15) is 0 Å². The van der Waals surface area contributed by atoms with E-state index in [1.807, 2.05) is 6.07 Å². The average Bonchev–Trinajstić information content (AvgIpc) is 2.49. The Kier molecular flexibility index (Phi) is 3.30. The molecule has 0 saturated heterocycles. The van der Waals surface area contributed by atoms with E-state index >= 15 is 0 Å². The van der Waals surface area contributed by atoms with Gasteiger partial charge in [-0.05, 0) is 24.3 Å². The largest absolute Gasteiger partial charge is 0.397 e. The van der Waals surface area contributed by atoms with Crippen molar-refractivity contribution in [3.8, 4) is 0 Å². The molecule has 0 aliphatic carbocycles. The van der Waals surface area contributed by atoms with Crippen molar-refractivity contribution in [2.24, 2.45) is 0 Å². The van der Waals surface area contributed by atoms with Crippen LogP contribution in [0.5, 0.6) is 0 Å². The van der Waals surface area contributed by atoms with Gasteiger partial charge in [0.1, 0.15) is 4.90 Å². The van der Waals surface area contributed by atoms with Crippen LogP contribution in [0.3, 0.4) is 0 Å². The van der Waals surface area contributed by atoms with Gasteiger partial charge in [-0.3, -0.25) is 9.71 Å². The molecule has 0 saturated carbocycles. The van der Waals surface area contributed by atoms with Crippen molar-refractivity contribution in [2.75, 3.05) is 16.2 Å². The Hall–Kier alpha value is -2.87. The summed E-state index contributed by atoms with van der Waals surface area (Å²) in [6.07, 6.45) is 1.35. The zero-order valence-corrected chi connectivity index (χ0v) is 12.2. The zero-order valence-electron chi connectivity index (χ0n) is 11.4. The number of benzene rings is 2. The van der Waals surface area contributed by atoms with E-state index in [-0.39, 0.29) is 22.1 Å². The topological polar surface area (TPSA) is 124 Å². The Balaban J connectivity index is 2.01. The molecule has 0 bridgehead atoms. The van der Waals surface area contributed by atoms with Gasteiger partial charge in [0.05, 0.1) is 28.6 Å². The number of para-hydroxylation sites is 3. The van der Waals surface area contributed by atoms with Gasteiger partial charge in [-0.2, -0.15) is 0 Å². The van der Waals surface area contributed by atoms with Crippen molar-refractivity contribution in [3.05, 3.63) is 48.7 Å². The van der Waals surface area contributed by atoms with Gasteiger partial charge in [0.15, 0.2) is 5.82 Å². The summed E-state index contributed by atoms with van der Waals surface area (Å²) in [6, 6.07) is 11.6. The molecule has 2 aromatic carbocycles. The van der Waals surface area contributed by atoms with Crippen LogP contribution in [0.4, 0.5) is 17.2 Å². The fraction of sp³-hybridized carbons (Fsp3) is 0. The molecule has 8 heteroatoms. The second-order valence-electron chi connectivity index (χ2n) is 4.61. The molecule has 5 N–H and O–H groups in total. The van der Waals surface area contributed by atoms with Crippen LogP contribution in [-0.2, 0) is 10.0 Å². The first kappa shape index (κ1) is 14.1. The Morgan fingerprint density at radius 3 is 2.45 bits per heavy atom. The molecule has 0 amide bonds. The Morgan fingerprint density at radius 2 is 1.68 bits per heavy atom. The number of nitrogens with one attached hydrogen (secondary N) is 1. The molecule has 0 atom stereocenters. The van der Waals surface area contributed by atoms with Crippen molar-refractivity contribution in [1.82, 2.24) is 9.97 Å². The van der Waals surface area contributed by atoms with Gasteiger partial charge < -0.3 is 11.5 Å². The van der Waals surface area contributed by atoms with Gasteiger partial charge in [-0.25, -0.2) is 13.4 Å². The smallest absolute Gasteiger partial charge is 0.265 e. The normalized spacial score (nSPS) is 11.5. The fourth-order valence-electron chi connectivity index (χ4n) is 1.99. The number of sulfonamides is 1. The lowest BCUT2D eigenvalue weighted by Crippen LogP contribution is -2.16. The van der Waals surface area contributed by atoms with E-state index in [2.05, 4.69) is 14.7 Å². The van der Waals surface area contributed by atoms with E-state index in [1.165, 1.54) is 24.4 Å². The third-order valence-corrected chi connectivity index (χ3v) is 4.49. The number of hydrogen-bond donors (Lipinski definition) is 3. The number of aromatic nitrogens is 2. The lowest BCUT2D eigenvalue weighted by Gasteiger charge is -2.11. The van der Waals surface area contributed by atoms with Gasteiger partial charge in [0.25, 0.3) is 10.0 Å². The molecule has 3 rings (SSSR count). The highest BCUT2D eigenvalue weighted by molar-refractivity contribution is 7.92. The zero-order chi connectivity index (χ0) is 15.7. The van der Waals surface area contributed by atoms with Gasteiger partial charge in [-0.15, -0.1) is 0 Å². The third-order valence-electron chi connectivity index (χ3n) is 3.08. The first-order chi connectivity index (χ1) is 10.5. The number of fused-ring (bicyclic) bond motifs is 1. The maximum Gasteiger partial charge on any atom is 0.265 e. The van der Waals surface area contributed by atoms with E-state index < -0.39 is 10.0 Å². The molecule has 0 fully saturated rings. The molecule has 22 heavy (non-hydrogen) atoms.